The van der Waals surface area contributed by atoms with Crippen molar-refractivity contribution < 1.29 is 4.79 Å². The van der Waals surface area contributed by atoms with Gasteiger partial charge < -0.3 is 10.7 Å². The van der Waals surface area contributed by atoms with E-state index in [2.05, 4.69) is 45.4 Å². The van der Waals surface area contributed by atoms with Crippen LogP contribution < -0.4 is 21.6 Å². The zero-order valence-corrected chi connectivity index (χ0v) is 14.2. The Balaban J connectivity index is 2.62. The van der Waals surface area contributed by atoms with Gasteiger partial charge in [0.15, 0.2) is 0 Å². The van der Waals surface area contributed by atoms with Crippen LogP contribution in [0.5, 0.6) is 0 Å². The summed E-state index contributed by atoms with van der Waals surface area (Å²) in [6.45, 7) is 8.50. The maximum Gasteiger partial charge on any atom is 0.221 e. The zero-order valence-electron chi connectivity index (χ0n) is 14.2. The fourth-order valence-electron chi connectivity index (χ4n) is 2.39. The fourth-order valence-corrected chi connectivity index (χ4v) is 2.39. The molecule has 1 saturated heterocycles. The molecule has 1 amide bonds. The number of hydrazine groups is 2. The lowest BCUT2D eigenvalue weighted by atomic mass is 10.1. The molecule has 1 heterocycles. The van der Waals surface area contributed by atoms with E-state index in [1.54, 1.807) is 0 Å². The molecule has 1 unspecified atom stereocenters. The molecule has 7 heteroatoms. The molecule has 0 radical (unpaired) electrons. The summed E-state index contributed by atoms with van der Waals surface area (Å²) >= 11 is 0. The maximum atomic E-state index is 11.5. The van der Waals surface area contributed by atoms with Crippen LogP contribution in [0.25, 0.3) is 0 Å². The Kier molecular flexibility index (Phi) is 8.72. The summed E-state index contributed by atoms with van der Waals surface area (Å²) in [6.07, 6.45) is 4.31. The van der Waals surface area contributed by atoms with Crippen molar-refractivity contribution in [2.24, 2.45) is 4.99 Å². The lowest BCUT2D eigenvalue weighted by molar-refractivity contribution is -0.124. The topological polar surface area (TPSA) is 80.8 Å². The van der Waals surface area contributed by atoms with E-state index in [0.717, 1.165) is 37.3 Å². The van der Waals surface area contributed by atoms with Gasteiger partial charge in [-0.1, -0.05) is 13.8 Å². The van der Waals surface area contributed by atoms with Crippen molar-refractivity contribution in [1.82, 2.24) is 26.6 Å². The van der Waals surface area contributed by atoms with Gasteiger partial charge >= 0.3 is 0 Å². The minimum atomic E-state index is 0.133. The number of piperidine rings is 1. The SMILES string of the molecule is CC/C=N\C(NNC)=C(\C)CNN(CC)C1CCNC(=O)C1. The van der Waals surface area contributed by atoms with Crippen LogP contribution in [0.15, 0.2) is 16.4 Å². The van der Waals surface area contributed by atoms with Crippen LogP contribution in [0.3, 0.4) is 0 Å². The van der Waals surface area contributed by atoms with Gasteiger partial charge in [0, 0.05) is 45.4 Å². The highest BCUT2D eigenvalue weighted by Gasteiger charge is 2.24. The largest absolute Gasteiger partial charge is 0.356 e. The van der Waals surface area contributed by atoms with Crippen LogP contribution in [-0.2, 0) is 4.79 Å². The molecule has 1 aliphatic heterocycles. The van der Waals surface area contributed by atoms with Crippen molar-refractivity contribution in [3.05, 3.63) is 11.4 Å². The third-order valence-corrected chi connectivity index (χ3v) is 3.60. The monoisotopic (exact) mass is 310 g/mol. The third kappa shape index (κ3) is 6.13. The quantitative estimate of drug-likeness (QED) is 0.369. The minimum Gasteiger partial charge on any atom is -0.356 e. The van der Waals surface area contributed by atoms with Crippen LogP contribution in [-0.4, -0.2) is 49.9 Å². The number of aliphatic imine (C=N–C) groups is 1. The number of hydrogen-bond acceptors (Lipinski definition) is 6. The van der Waals surface area contributed by atoms with Crippen LogP contribution >= 0.6 is 0 Å². The van der Waals surface area contributed by atoms with Gasteiger partial charge in [-0.25, -0.2) is 15.4 Å². The third-order valence-electron chi connectivity index (χ3n) is 3.60. The van der Waals surface area contributed by atoms with Gasteiger partial charge in [-0.3, -0.25) is 10.2 Å². The molecule has 0 aromatic heterocycles. The lowest BCUT2D eigenvalue weighted by Crippen LogP contribution is -2.51. The smallest absolute Gasteiger partial charge is 0.221 e. The van der Waals surface area contributed by atoms with Crippen molar-refractivity contribution in [3.63, 3.8) is 0 Å². The van der Waals surface area contributed by atoms with Crippen molar-refractivity contribution >= 4 is 12.1 Å². The molecule has 1 rings (SSSR count). The highest BCUT2D eigenvalue weighted by atomic mass is 16.1. The van der Waals surface area contributed by atoms with Gasteiger partial charge in [0.05, 0.1) is 0 Å². The normalized spacial score (nSPS) is 20.2. The van der Waals surface area contributed by atoms with Crippen molar-refractivity contribution in [2.75, 3.05) is 26.7 Å². The Hall–Kier alpha value is -1.44. The molecule has 0 bridgehead atoms. The van der Waals surface area contributed by atoms with E-state index < -0.39 is 0 Å². The molecule has 1 aliphatic rings. The van der Waals surface area contributed by atoms with Crippen LogP contribution in [0.1, 0.15) is 40.0 Å². The summed E-state index contributed by atoms with van der Waals surface area (Å²) in [4.78, 5) is 15.9. The average molecular weight is 310 g/mol. The Morgan fingerprint density at radius 1 is 1.50 bits per heavy atom. The molecule has 4 N–H and O–H groups in total. The van der Waals surface area contributed by atoms with E-state index in [1.807, 2.05) is 20.2 Å². The molecule has 7 nitrogen and oxygen atoms in total. The van der Waals surface area contributed by atoms with Gasteiger partial charge in [0.2, 0.25) is 5.91 Å². The van der Waals surface area contributed by atoms with E-state index in [4.69, 9.17) is 0 Å². The Bertz CT molecular complexity index is 407. The van der Waals surface area contributed by atoms with E-state index in [0.29, 0.717) is 13.0 Å². The van der Waals surface area contributed by atoms with Crippen LogP contribution in [0.4, 0.5) is 0 Å². The summed E-state index contributed by atoms with van der Waals surface area (Å²) < 4.78 is 0. The van der Waals surface area contributed by atoms with Gasteiger partial charge in [0.1, 0.15) is 5.82 Å². The first kappa shape index (κ1) is 18.6. The average Bonchev–Trinajstić information content (AvgIpc) is 2.52. The standard InChI is InChI=1S/C15H30N6O/c1-5-8-18-15(20-16-4)12(3)11-19-21(6-2)13-7-9-17-14(22)10-13/h8,13,16,19-20H,5-7,9-11H2,1-4H3,(H,17,22)/b15-12+,18-8-. The van der Waals surface area contributed by atoms with Crippen molar-refractivity contribution in [2.45, 2.75) is 46.1 Å². The van der Waals surface area contributed by atoms with Gasteiger partial charge in [0.25, 0.3) is 0 Å². The first-order valence-corrected chi connectivity index (χ1v) is 8.04. The molecule has 1 fully saturated rings. The van der Waals surface area contributed by atoms with E-state index in [-0.39, 0.29) is 11.9 Å². The Morgan fingerprint density at radius 3 is 2.86 bits per heavy atom. The molecule has 126 valence electrons. The number of rotatable bonds is 9. The van der Waals surface area contributed by atoms with Gasteiger partial charge in [-0.05, 0) is 25.3 Å². The molecule has 0 aliphatic carbocycles. The highest BCUT2D eigenvalue weighted by Crippen LogP contribution is 2.11. The lowest BCUT2D eigenvalue weighted by Gasteiger charge is -2.33. The van der Waals surface area contributed by atoms with Crippen LogP contribution in [0, 0.1) is 0 Å². The molecule has 1 atom stereocenters. The van der Waals surface area contributed by atoms with Crippen LogP contribution in [0.2, 0.25) is 0 Å². The Morgan fingerprint density at radius 2 is 2.27 bits per heavy atom. The fraction of sp³-hybridized carbons (Fsp3) is 0.733. The maximum absolute atomic E-state index is 11.5. The molecular formula is C15H30N6O. The molecule has 0 spiro atoms. The van der Waals surface area contributed by atoms with E-state index >= 15 is 0 Å². The number of carbonyl (C=O) groups excluding carboxylic acids is 1. The Labute approximate surface area is 133 Å². The summed E-state index contributed by atoms with van der Waals surface area (Å²) in [5, 5.41) is 5.03. The number of nitrogens with zero attached hydrogens (tertiary/aromatic N) is 2. The highest BCUT2D eigenvalue weighted by molar-refractivity contribution is 5.77. The van der Waals surface area contributed by atoms with E-state index in [1.165, 1.54) is 0 Å². The van der Waals surface area contributed by atoms with Crippen molar-refractivity contribution in [3.8, 4) is 0 Å². The number of amides is 1. The summed E-state index contributed by atoms with van der Waals surface area (Å²) in [6, 6.07) is 0.256. The number of carbonyl (C=O) groups is 1. The van der Waals surface area contributed by atoms with E-state index in [9.17, 15) is 4.79 Å². The molecular weight excluding hydrogens is 280 g/mol. The predicted octanol–water partition coefficient (Wildman–Crippen LogP) is 0.528. The minimum absolute atomic E-state index is 0.133. The molecule has 0 saturated carbocycles. The zero-order chi connectivity index (χ0) is 16.4. The number of hydrogen-bond donors (Lipinski definition) is 4. The summed E-state index contributed by atoms with van der Waals surface area (Å²) in [5.41, 5.74) is 10.5. The second-order valence-corrected chi connectivity index (χ2v) is 5.34. The predicted molar refractivity (Wildman–Crippen MR) is 90.1 cm³/mol. The molecule has 0 aromatic carbocycles. The first-order chi connectivity index (χ1) is 10.6. The first-order valence-electron chi connectivity index (χ1n) is 8.04. The summed E-state index contributed by atoms with van der Waals surface area (Å²) in [7, 11) is 1.82. The van der Waals surface area contributed by atoms with Crippen molar-refractivity contribution in [1.29, 1.82) is 0 Å². The molecule has 22 heavy (non-hydrogen) atoms. The second kappa shape index (κ2) is 10.3. The van der Waals surface area contributed by atoms with Gasteiger partial charge in [-0.2, -0.15) is 0 Å². The second-order valence-electron chi connectivity index (χ2n) is 5.34. The number of nitrogens with one attached hydrogen (secondary N) is 4. The summed E-state index contributed by atoms with van der Waals surface area (Å²) in [5.74, 6) is 0.961. The molecule has 0 aromatic rings. The van der Waals surface area contributed by atoms with Gasteiger partial charge in [-0.15, -0.1) is 0 Å².